The van der Waals surface area contributed by atoms with Gasteiger partial charge in [0, 0.05) is 12.3 Å². The van der Waals surface area contributed by atoms with E-state index in [2.05, 4.69) is 43.3 Å². The maximum absolute atomic E-state index is 11.5. The summed E-state index contributed by atoms with van der Waals surface area (Å²) in [5.41, 5.74) is 3.66. The second-order valence-electron chi connectivity index (χ2n) is 4.78. The van der Waals surface area contributed by atoms with Crippen LogP contribution in [0.2, 0.25) is 0 Å². The van der Waals surface area contributed by atoms with Crippen molar-refractivity contribution in [3.05, 3.63) is 71.3 Å². The quantitative estimate of drug-likeness (QED) is 0.783. The fraction of sp³-hybridized carbons (Fsp3) is 0.235. The van der Waals surface area contributed by atoms with Crippen molar-refractivity contribution in [2.75, 3.05) is 0 Å². The zero-order valence-electron chi connectivity index (χ0n) is 10.9. The molecule has 0 aliphatic heterocycles. The molecule has 1 heteroatoms. The van der Waals surface area contributed by atoms with Gasteiger partial charge in [0.15, 0.2) is 0 Å². The fourth-order valence-corrected chi connectivity index (χ4v) is 2.20. The van der Waals surface area contributed by atoms with Gasteiger partial charge >= 0.3 is 0 Å². The van der Waals surface area contributed by atoms with Crippen molar-refractivity contribution >= 4 is 5.78 Å². The van der Waals surface area contributed by atoms with E-state index in [1.807, 2.05) is 18.2 Å². The van der Waals surface area contributed by atoms with Gasteiger partial charge in [-0.25, -0.2) is 0 Å². The number of aryl methyl sites for hydroxylation is 1. The summed E-state index contributed by atoms with van der Waals surface area (Å²) in [7, 11) is 0. The second-order valence-corrected chi connectivity index (χ2v) is 4.78. The summed E-state index contributed by atoms with van der Waals surface area (Å²) in [5.74, 6) is 0.397. The monoisotopic (exact) mass is 238 g/mol. The molecule has 0 bridgehead atoms. The van der Waals surface area contributed by atoms with E-state index in [1.165, 1.54) is 16.7 Å². The topological polar surface area (TPSA) is 17.1 Å². The molecule has 0 unspecified atom stereocenters. The predicted molar refractivity (Wildman–Crippen MR) is 74.8 cm³/mol. The van der Waals surface area contributed by atoms with Crippen LogP contribution in [0, 0.1) is 6.92 Å². The summed E-state index contributed by atoms with van der Waals surface area (Å²) in [4.78, 5) is 11.5. The molecule has 0 aliphatic carbocycles. The van der Waals surface area contributed by atoms with Crippen LogP contribution in [0.3, 0.4) is 0 Å². The molecular weight excluding hydrogens is 220 g/mol. The smallest absolute Gasteiger partial charge is 0.130 e. The lowest BCUT2D eigenvalue weighted by Crippen LogP contribution is -2.06. The Balaban J connectivity index is 2.36. The molecule has 0 N–H and O–H groups in total. The van der Waals surface area contributed by atoms with Gasteiger partial charge in [-0.2, -0.15) is 0 Å². The lowest BCUT2D eigenvalue weighted by atomic mass is 9.87. The van der Waals surface area contributed by atoms with Gasteiger partial charge in [0.05, 0.1) is 0 Å². The third-order valence-corrected chi connectivity index (χ3v) is 3.17. The highest BCUT2D eigenvalue weighted by atomic mass is 16.1. The molecule has 2 aromatic carbocycles. The third kappa shape index (κ3) is 3.07. The Morgan fingerprint density at radius 2 is 1.50 bits per heavy atom. The molecule has 0 fully saturated rings. The zero-order valence-corrected chi connectivity index (χ0v) is 10.9. The first-order chi connectivity index (χ1) is 8.66. The number of hydrogen-bond donors (Lipinski definition) is 0. The molecule has 0 aliphatic rings. The fourth-order valence-electron chi connectivity index (χ4n) is 2.20. The van der Waals surface area contributed by atoms with Gasteiger partial charge in [-0.3, -0.25) is 4.79 Å². The first kappa shape index (κ1) is 12.6. The van der Waals surface area contributed by atoms with Crippen molar-refractivity contribution < 1.29 is 4.79 Å². The van der Waals surface area contributed by atoms with Gasteiger partial charge < -0.3 is 0 Å². The number of benzene rings is 2. The highest BCUT2D eigenvalue weighted by Crippen LogP contribution is 2.28. The van der Waals surface area contributed by atoms with Crippen molar-refractivity contribution in [2.45, 2.75) is 26.2 Å². The lowest BCUT2D eigenvalue weighted by molar-refractivity contribution is -0.117. The minimum Gasteiger partial charge on any atom is -0.300 e. The highest BCUT2D eigenvalue weighted by Gasteiger charge is 2.15. The van der Waals surface area contributed by atoms with Gasteiger partial charge in [0.1, 0.15) is 5.78 Å². The SMILES string of the molecule is CC(=O)C[C@@H](c1ccccc1)c1ccc(C)cc1. The Morgan fingerprint density at radius 1 is 0.944 bits per heavy atom. The van der Waals surface area contributed by atoms with Crippen molar-refractivity contribution in [1.29, 1.82) is 0 Å². The Hall–Kier alpha value is -1.89. The van der Waals surface area contributed by atoms with Gasteiger partial charge in [-0.05, 0) is 25.0 Å². The van der Waals surface area contributed by atoms with Crippen LogP contribution in [0.15, 0.2) is 54.6 Å². The van der Waals surface area contributed by atoms with E-state index < -0.39 is 0 Å². The minimum absolute atomic E-state index is 0.171. The normalized spacial score (nSPS) is 12.1. The largest absolute Gasteiger partial charge is 0.300 e. The van der Waals surface area contributed by atoms with Crippen LogP contribution in [0.5, 0.6) is 0 Å². The van der Waals surface area contributed by atoms with E-state index in [1.54, 1.807) is 6.92 Å². The lowest BCUT2D eigenvalue weighted by Gasteiger charge is -2.16. The van der Waals surface area contributed by atoms with Crippen LogP contribution in [0.4, 0.5) is 0 Å². The standard InChI is InChI=1S/C17H18O/c1-13-8-10-16(11-9-13)17(12-14(2)18)15-6-4-3-5-7-15/h3-11,17H,12H2,1-2H3/t17-/m0/s1. The Bertz CT molecular complexity index is 511. The molecule has 2 rings (SSSR count). The number of carbonyl (C=O) groups excluding carboxylic acids is 1. The summed E-state index contributed by atoms with van der Waals surface area (Å²) in [5, 5.41) is 0. The van der Waals surface area contributed by atoms with Gasteiger partial charge in [0.25, 0.3) is 0 Å². The first-order valence-electron chi connectivity index (χ1n) is 6.28. The minimum atomic E-state index is 0.171. The molecule has 2 aromatic rings. The predicted octanol–water partition coefficient (Wildman–Crippen LogP) is 4.11. The van der Waals surface area contributed by atoms with Gasteiger partial charge in [0.2, 0.25) is 0 Å². The molecule has 0 radical (unpaired) electrons. The average Bonchev–Trinajstić information content (AvgIpc) is 2.38. The van der Waals surface area contributed by atoms with E-state index in [4.69, 9.17) is 0 Å². The van der Waals surface area contributed by atoms with Crippen LogP contribution in [0.25, 0.3) is 0 Å². The van der Waals surface area contributed by atoms with Gasteiger partial charge in [-0.15, -0.1) is 0 Å². The number of carbonyl (C=O) groups is 1. The van der Waals surface area contributed by atoms with E-state index in [-0.39, 0.29) is 11.7 Å². The Morgan fingerprint density at radius 3 is 2.06 bits per heavy atom. The number of Topliss-reactive ketones (excluding diaryl/α,β-unsaturated/α-hetero) is 1. The summed E-state index contributed by atoms with van der Waals surface area (Å²) >= 11 is 0. The molecule has 18 heavy (non-hydrogen) atoms. The number of ketones is 1. The molecule has 0 amide bonds. The summed E-state index contributed by atoms with van der Waals surface area (Å²) in [6, 6.07) is 18.7. The second kappa shape index (κ2) is 5.63. The molecular formula is C17H18O. The van der Waals surface area contributed by atoms with Crippen molar-refractivity contribution in [3.8, 4) is 0 Å². The number of rotatable bonds is 4. The summed E-state index contributed by atoms with van der Waals surface area (Å²) in [6.45, 7) is 3.73. The van der Waals surface area contributed by atoms with E-state index >= 15 is 0 Å². The van der Waals surface area contributed by atoms with Crippen LogP contribution in [-0.4, -0.2) is 5.78 Å². The van der Waals surface area contributed by atoms with E-state index in [9.17, 15) is 4.79 Å². The maximum atomic E-state index is 11.5. The van der Waals surface area contributed by atoms with E-state index in [0.717, 1.165) is 0 Å². The Labute approximate surface area is 108 Å². The van der Waals surface area contributed by atoms with Crippen molar-refractivity contribution in [1.82, 2.24) is 0 Å². The molecule has 0 aromatic heterocycles. The maximum Gasteiger partial charge on any atom is 0.130 e. The van der Waals surface area contributed by atoms with Crippen molar-refractivity contribution in [3.63, 3.8) is 0 Å². The Kier molecular flexibility index (Phi) is 3.93. The number of hydrogen-bond acceptors (Lipinski definition) is 1. The average molecular weight is 238 g/mol. The first-order valence-corrected chi connectivity index (χ1v) is 6.28. The molecule has 0 spiro atoms. The molecule has 92 valence electrons. The van der Waals surface area contributed by atoms with Crippen LogP contribution in [-0.2, 0) is 4.79 Å². The molecule has 1 atom stereocenters. The van der Waals surface area contributed by atoms with Crippen LogP contribution in [0.1, 0.15) is 36.0 Å². The van der Waals surface area contributed by atoms with Crippen LogP contribution >= 0.6 is 0 Å². The molecule has 0 saturated heterocycles. The summed E-state index contributed by atoms with van der Waals surface area (Å²) in [6.07, 6.45) is 0.563. The molecule has 0 heterocycles. The molecule has 0 saturated carbocycles. The summed E-state index contributed by atoms with van der Waals surface area (Å²) < 4.78 is 0. The highest BCUT2D eigenvalue weighted by molar-refractivity contribution is 5.77. The van der Waals surface area contributed by atoms with Gasteiger partial charge in [-0.1, -0.05) is 60.2 Å². The van der Waals surface area contributed by atoms with E-state index in [0.29, 0.717) is 6.42 Å². The third-order valence-electron chi connectivity index (χ3n) is 3.17. The van der Waals surface area contributed by atoms with Crippen LogP contribution < -0.4 is 0 Å². The van der Waals surface area contributed by atoms with Crippen molar-refractivity contribution in [2.24, 2.45) is 0 Å². The zero-order chi connectivity index (χ0) is 13.0. The molecule has 1 nitrogen and oxygen atoms in total.